The Morgan fingerprint density at radius 2 is 1.67 bits per heavy atom. The molecule has 0 bridgehead atoms. The zero-order valence-electron chi connectivity index (χ0n) is 12.2. The van der Waals surface area contributed by atoms with E-state index in [1.807, 2.05) is 0 Å². The molecule has 0 amide bonds. The van der Waals surface area contributed by atoms with Gasteiger partial charge in [0.05, 0.1) is 19.3 Å². The summed E-state index contributed by atoms with van der Waals surface area (Å²) in [6.45, 7) is 12.9. The van der Waals surface area contributed by atoms with Gasteiger partial charge in [-0.15, -0.1) is 0 Å². The van der Waals surface area contributed by atoms with E-state index < -0.39 is 0 Å². The van der Waals surface area contributed by atoms with Crippen molar-refractivity contribution < 1.29 is 4.74 Å². The highest BCUT2D eigenvalue weighted by Gasteiger charge is 2.47. The van der Waals surface area contributed by atoms with Gasteiger partial charge in [-0.25, -0.2) is 0 Å². The van der Waals surface area contributed by atoms with Crippen LogP contribution in [0.2, 0.25) is 0 Å². The van der Waals surface area contributed by atoms with Crippen molar-refractivity contribution in [1.29, 1.82) is 0 Å². The number of ether oxygens (including phenoxy) is 1. The molecule has 3 fully saturated rings. The lowest BCUT2D eigenvalue weighted by Gasteiger charge is -2.52. The van der Waals surface area contributed by atoms with Crippen molar-refractivity contribution in [1.82, 2.24) is 9.80 Å². The molecule has 104 valence electrons. The predicted molar refractivity (Wildman–Crippen MR) is 73.8 cm³/mol. The molecule has 3 heterocycles. The van der Waals surface area contributed by atoms with E-state index in [9.17, 15) is 0 Å². The van der Waals surface area contributed by atoms with Crippen LogP contribution < -0.4 is 0 Å². The molecular formula is C15H28N2O. The van der Waals surface area contributed by atoms with Gasteiger partial charge in [0.25, 0.3) is 0 Å². The summed E-state index contributed by atoms with van der Waals surface area (Å²) in [5, 5.41) is 0. The van der Waals surface area contributed by atoms with Gasteiger partial charge in [0.1, 0.15) is 0 Å². The zero-order valence-corrected chi connectivity index (χ0v) is 12.2. The molecule has 18 heavy (non-hydrogen) atoms. The Morgan fingerprint density at radius 3 is 2.17 bits per heavy atom. The van der Waals surface area contributed by atoms with Crippen molar-refractivity contribution in [2.75, 3.05) is 32.8 Å². The standard InChI is InChI=1S/C15H28N2O/c1-14(2,3)17-8-4-5-15(17)6-9-16(10-7-15)13-11-18-12-13/h13H,4-12H2,1-3H3. The Bertz CT molecular complexity index is 298. The van der Waals surface area contributed by atoms with Crippen molar-refractivity contribution >= 4 is 0 Å². The average Bonchev–Trinajstić information content (AvgIpc) is 2.63. The molecule has 0 atom stereocenters. The lowest BCUT2D eigenvalue weighted by Crippen LogP contribution is -2.61. The first kappa shape index (κ1) is 12.9. The first-order valence-electron chi connectivity index (χ1n) is 7.61. The van der Waals surface area contributed by atoms with E-state index in [4.69, 9.17) is 4.74 Å². The third-order valence-electron chi connectivity index (χ3n) is 5.27. The minimum absolute atomic E-state index is 0.332. The molecule has 0 aliphatic carbocycles. The van der Waals surface area contributed by atoms with Crippen molar-refractivity contribution in [2.45, 2.75) is 63.6 Å². The number of rotatable bonds is 1. The summed E-state index contributed by atoms with van der Waals surface area (Å²) in [4.78, 5) is 5.46. The van der Waals surface area contributed by atoms with E-state index in [-0.39, 0.29) is 0 Å². The van der Waals surface area contributed by atoms with E-state index >= 15 is 0 Å². The number of nitrogens with zero attached hydrogens (tertiary/aromatic N) is 2. The summed E-state index contributed by atoms with van der Waals surface area (Å²) in [6, 6.07) is 0.729. The third-order valence-corrected chi connectivity index (χ3v) is 5.27. The molecule has 0 aromatic rings. The summed E-state index contributed by atoms with van der Waals surface area (Å²) in [6.07, 6.45) is 5.53. The molecule has 3 saturated heterocycles. The van der Waals surface area contributed by atoms with Crippen LogP contribution in [0.1, 0.15) is 46.5 Å². The Kier molecular flexibility index (Phi) is 3.20. The van der Waals surface area contributed by atoms with Crippen molar-refractivity contribution in [3.05, 3.63) is 0 Å². The number of hydrogen-bond acceptors (Lipinski definition) is 3. The maximum Gasteiger partial charge on any atom is 0.0645 e. The van der Waals surface area contributed by atoms with Crippen molar-refractivity contribution in [2.24, 2.45) is 0 Å². The fourth-order valence-corrected chi connectivity index (χ4v) is 4.24. The molecule has 0 aromatic heterocycles. The molecule has 0 radical (unpaired) electrons. The number of piperidine rings is 1. The lowest BCUT2D eigenvalue weighted by molar-refractivity contribution is -0.0904. The highest BCUT2D eigenvalue weighted by Crippen LogP contribution is 2.42. The molecule has 3 nitrogen and oxygen atoms in total. The van der Waals surface area contributed by atoms with Gasteiger partial charge in [0.2, 0.25) is 0 Å². The fourth-order valence-electron chi connectivity index (χ4n) is 4.24. The van der Waals surface area contributed by atoms with Crippen LogP contribution in [-0.4, -0.2) is 59.8 Å². The van der Waals surface area contributed by atoms with Gasteiger partial charge in [-0.3, -0.25) is 9.80 Å². The Hall–Kier alpha value is -0.120. The van der Waals surface area contributed by atoms with E-state index in [2.05, 4.69) is 30.6 Å². The monoisotopic (exact) mass is 252 g/mol. The molecule has 0 unspecified atom stereocenters. The molecule has 0 N–H and O–H groups in total. The van der Waals surface area contributed by atoms with Gasteiger partial charge in [-0.2, -0.15) is 0 Å². The Morgan fingerprint density at radius 1 is 1.00 bits per heavy atom. The fraction of sp³-hybridized carbons (Fsp3) is 1.00. The predicted octanol–water partition coefficient (Wildman–Crippen LogP) is 2.11. The van der Waals surface area contributed by atoms with Gasteiger partial charge in [-0.1, -0.05) is 0 Å². The van der Waals surface area contributed by atoms with Crippen molar-refractivity contribution in [3.63, 3.8) is 0 Å². The first-order chi connectivity index (χ1) is 8.51. The van der Waals surface area contributed by atoms with Gasteiger partial charge in [0, 0.05) is 24.2 Å². The summed E-state index contributed by atoms with van der Waals surface area (Å²) >= 11 is 0. The minimum Gasteiger partial charge on any atom is -0.378 e. The SMILES string of the molecule is CC(C)(C)N1CCCC12CCN(C1COC1)CC2. The minimum atomic E-state index is 0.332. The number of likely N-dealkylation sites (tertiary alicyclic amines) is 2. The summed E-state index contributed by atoms with van der Waals surface area (Å²) < 4.78 is 5.33. The molecule has 0 saturated carbocycles. The van der Waals surface area contributed by atoms with Gasteiger partial charge in [-0.05, 0) is 53.0 Å². The second-order valence-electron chi connectivity index (χ2n) is 7.38. The Labute approximate surface area is 111 Å². The largest absolute Gasteiger partial charge is 0.378 e. The van der Waals surface area contributed by atoms with Crippen LogP contribution in [-0.2, 0) is 4.74 Å². The molecule has 3 rings (SSSR count). The van der Waals surface area contributed by atoms with Crippen LogP contribution in [0.15, 0.2) is 0 Å². The Balaban J connectivity index is 1.66. The molecule has 0 aromatic carbocycles. The highest BCUT2D eigenvalue weighted by atomic mass is 16.5. The van der Waals surface area contributed by atoms with Gasteiger partial charge < -0.3 is 4.74 Å². The molecule has 1 spiro atoms. The topological polar surface area (TPSA) is 15.7 Å². The van der Waals surface area contributed by atoms with E-state index in [0.717, 1.165) is 19.3 Å². The van der Waals surface area contributed by atoms with Gasteiger partial charge >= 0.3 is 0 Å². The maximum absolute atomic E-state index is 5.33. The van der Waals surface area contributed by atoms with Crippen LogP contribution in [0.4, 0.5) is 0 Å². The molecule has 3 aliphatic rings. The normalized spacial score (nSPS) is 30.8. The summed E-state index contributed by atoms with van der Waals surface area (Å²) in [5.74, 6) is 0. The van der Waals surface area contributed by atoms with Crippen molar-refractivity contribution in [3.8, 4) is 0 Å². The molecular weight excluding hydrogens is 224 g/mol. The zero-order chi connectivity index (χ0) is 12.8. The van der Waals surface area contributed by atoms with Crippen LogP contribution in [0.3, 0.4) is 0 Å². The summed E-state index contributed by atoms with van der Waals surface area (Å²) in [5.41, 5.74) is 0.845. The van der Waals surface area contributed by atoms with Crippen LogP contribution in [0.25, 0.3) is 0 Å². The highest BCUT2D eigenvalue weighted by molar-refractivity contribution is 5.04. The summed E-state index contributed by atoms with van der Waals surface area (Å²) in [7, 11) is 0. The van der Waals surface area contributed by atoms with E-state index in [1.54, 1.807) is 0 Å². The second-order valence-corrected chi connectivity index (χ2v) is 7.38. The average molecular weight is 252 g/mol. The molecule has 3 aliphatic heterocycles. The van der Waals surface area contributed by atoms with E-state index in [0.29, 0.717) is 11.1 Å². The van der Waals surface area contributed by atoms with Gasteiger partial charge in [0.15, 0.2) is 0 Å². The lowest BCUT2D eigenvalue weighted by atomic mass is 9.82. The third kappa shape index (κ3) is 2.10. The van der Waals surface area contributed by atoms with Crippen LogP contribution >= 0.6 is 0 Å². The molecule has 3 heteroatoms. The van der Waals surface area contributed by atoms with E-state index in [1.165, 1.54) is 45.3 Å². The van der Waals surface area contributed by atoms with Crippen LogP contribution in [0, 0.1) is 0 Å². The van der Waals surface area contributed by atoms with Crippen LogP contribution in [0.5, 0.6) is 0 Å². The maximum atomic E-state index is 5.33. The quantitative estimate of drug-likeness (QED) is 0.711. The smallest absolute Gasteiger partial charge is 0.0645 e. The first-order valence-corrected chi connectivity index (χ1v) is 7.61. The number of hydrogen-bond donors (Lipinski definition) is 0. The second kappa shape index (κ2) is 4.46.